The summed E-state index contributed by atoms with van der Waals surface area (Å²) in [7, 11) is -3.58. The molecule has 2 aromatic rings. The maximum absolute atomic E-state index is 12.1. The van der Waals surface area contributed by atoms with Crippen LogP contribution in [0, 0.1) is 6.92 Å². The van der Waals surface area contributed by atoms with Crippen LogP contribution in [-0.2, 0) is 19.6 Å². The molecule has 0 atom stereocenters. The molecular weight excluding hydrogens is 356 g/mol. The zero-order chi connectivity index (χ0) is 18.9. The summed E-state index contributed by atoms with van der Waals surface area (Å²) < 4.78 is 37.3. The van der Waals surface area contributed by atoms with Crippen LogP contribution in [0.1, 0.15) is 30.9 Å². The first kappa shape index (κ1) is 18.1. The third-order valence-electron chi connectivity index (χ3n) is 3.46. The highest BCUT2D eigenvalue weighted by molar-refractivity contribution is 7.89. The van der Waals surface area contributed by atoms with E-state index < -0.39 is 16.0 Å². The van der Waals surface area contributed by atoms with E-state index in [1.165, 1.54) is 18.2 Å². The fourth-order valence-corrected chi connectivity index (χ4v) is 3.60. The quantitative estimate of drug-likeness (QED) is 0.641. The number of cyclic esters (lactones) is 1. The van der Waals surface area contributed by atoms with Gasteiger partial charge in [0.25, 0.3) is 0 Å². The summed E-state index contributed by atoms with van der Waals surface area (Å²) in [5.41, 5.74) is 0.619. The molecule has 0 radical (unpaired) electrons. The maximum atomic E-state index is 12.1. The lowest BCUT2D eigenvalue weighted by molar-refractivity contribution is -0.129. The molecule has 1 aliphatic heterocycles. The Hall–Kier alpha value is -2.71. The normalized spacial score (nSPS) is 16.2. The molecule has 0 spiro atoms. The first-order valence-electron chi connectivity index (χ1n) is 7.96. The van der Waals surface area contributed by atoms with Gasteiger partial charge in [0.05, 0.1) is 4.90 Å². The molecule has 136 valence electrons. The van der Waals surface area contributed by atoms with Gasteiger partial charge in [-0.05, 0) is 57.2 Å². The molecule has 2 heterocycles. The molecule has 1 aromatic heterocycles. The van der Waals surface area contributed by atoms with Gasteiger partial charge in [0.15, 0.2) is 5.70 Å². The average molecular weight is 374 g/mol. The van der Waals surface area contributed by atoms with Crippen molar-refractivity contribution in [3.8, 4) is 0 Å². The van der Waals surface area contributed by atoms with Gasteiger partial charge in [0, 0.05) is 17.7 Å². The van der Waals surface area contributed by atoms with Crippen molar-refractivity contribution in [1.29, 1.82) is 0 Å². The molecule has 0 fully saturated rings. The van der Waals surface area contributed by atoms with Crippen LogP contribution < -0.4 is 4.72 Å². The molecule has 0 saturated heterocycles. The van der Waals surface area contributed by atoms with Gasteiger partial charge >= 0.3 is 5.97 Å². The van der Waals surface area contributed by atoms with Crippen molar-refractivity contribution in [3.63, 3.8) is 0 Å². The largest absolute Gasteiger partial charge is 0.462 e. The molecule has 26 heavy (non-hydrogen) atoms. The van der Waals surface area contributed by atoms with Crippen molar-refractivity contribution in [2.75, 3.05) is 0 Å². The van der Waals surface area contributed by atoms with Crippen LogP contribution in [0.15, 0.2) is 56.4 Å². The summed E-state index contributed by atoms with van der Waals surface area (Å²) in [6, 6.07) is 9.26. The zero-order valence-corrected chi connectivity index (χ0v) is 15.3. The van der Waals surface area contributed by atoms with Gasteiger partial charge < -0.3 is 9.15 Å². The first-order chi connectivity index (χ1) is 12.2. The summed E-state index contributed by atoms with van der Waals surface area (Å²) in [5, 5.41) is 0. The summed E-state index contributed by atoms with van der Waals surface area (Å²) in [4.78, 5) is 16.3. The second-order valence-electron chi connectivity index (χ2n) is 6.08. The van der Waals surface area contributed by atoms with E-state index in [0.717, 1.165) is 5.76 Å². The zero-order valence-electron chi connectivity index (χ0n) is 14.5. The third-order valence-corrected chi connectivity index (χ3v) is 5.14. The van der Waals surface area contributed by atoms with Crippen molar-refractivity contribution >= 4 is 28.0 Å². The van der Waals surface area contributed by atoms with Crippen molar-refractivity contribution in [1.82, 2.24) is 4.72 Å². The molecule has 3 rings (SSSR count). The van der Waals surface area contributed by atoms with E-state index in [4.69, 9.17) is 9.15 Å². The van der Waals surface area contributed by atoms with Crippen LogP contribution >= 0.6 is 0 Å². The number of rotatable bonds is 5. The van der Waals surface area contributed by atoms with Crippen molar-refractivity contribution < 1.29 is 22.4 Å². The topological polar surface area (TPSA) is 98.0 Å². The lowest BCUT2D eigenvalue weighted by atomic mass is 10.2. The van der Waals surface area contributed by atoms with E-state index >= 15 is 0 Å². The van der Waals surface area contributed by atoms with E-state index in [9.17, 15) is 13.2 Å². The van der Waals surface area contributed by atoms with Crippen LogP contribution in [0.25, 0.3) is 6.08 Å². The van der Waals surface area contributed by atoms with E-state index in [2.05, 4.69) is 9.71 Å². The number of ether oxygens (including phenoxy) is 1. The van der Waals surface area contributed by atoms with Gasteiger partial charge in [-0.2, -0.15) is 0 Å². The molecule has 0 saturated carbocycles. The van der Waals surface area contributed by atoms with Gasteiger partial charge in [-0.25, -0.2) is 22.9 Å². The number of benzene rings is 1. The number of esters is 1. The first-order valence-corrected chi connectivity index (χ1v) is 9.45. The van der Waals surface area contributed by atoms with Crippen LogP contribution in [0.4, 0.5) is 0 Å². The molecule has 1 N–H and O–H groups in total. The second-order valence-corrected chi connectivity index (χ2v) is 7.80. The monoisotopic (exact) mass is 374 g/mol. The lowest BCUT2D eigenvalue weighted by Crippen LogP contribution is -2.30. The molecule has 0 aliphatic carbocycles. The number of aliphatic imine (C=N–C) groups is 1. The van der Waals surface area contributed by atoms with Gasteiger partial charge in [-0.3, -0.25) is 0 Å². The maximum Gasteiger partial charge on any atom is 0.363 e. The van der Waals surface area contributed by atoms with Gasteiger partial charge in [0.2, 0.25) is 15.9 Å². The molecular formula is C18H18N2O5S. The van der Waals surface area contributed by atoms with Crippen molar-refractivity contribution in [2.45, 2.75) is 31.7 Å². The number of nitrogens with one attached hydrogen (secondary N) is 1. The summed E-state index contributed by atoms with van der Waals surface area (Å²) in [6.45, 7) is 5.29. The van der Waals surface area contributed by atoms with Crippen LogP contribution in [0.5, 0.6) is 0 Å². The number of carbonyl (C=O) groups excluding carboxylic acids is 1. The van der Waals surface area contributed by atoms with Crippen LogP contribution in [0.3, 0.4) is 0 Å². The lowest BCUT2D eigenvalue weighted by Gasteiger charge is -2.09. The number of nitrogens with zero attached hydrogens (tertiary/aromatic N) is 1. The molecule has 1 aromatic carbocycles. The van der Waals surface area contributed by atoms with Gasteiger partial charge in [-0.15, -0.1) is 0 Å². The number of aryl methyl sites for hydroxylation is 1. The Morgan fingerprint density at radius 1 is 1.12 bits per heavy atom. The SMILES string of the molecule is Cc1ccc(/C=C2\N=C(c3ccc(S(=O)(=O)NC(C)C)cc3)OC2=O)o1. The van der Waals surface area contributed by atoms with Gasteiger partial charge in [0.1, 0.15) is 11.5 Å². The standard InChI is InChI=1S/C18H18N2O5S/c1-11(2)20-26(22,23)15-8-5-13(6-9-15)17-19-16(18(21)25-17)10-14-7-4-12(3)24-14/h4-11,20H,1-3H3/b16-10-. The minimum absolute atomic E-state index is 0.116. The van der Waals surface area contributed by atoms with Gasteiger partial charge in [-0.1, -0.05) is 0 Å². The summed E-state index contributed by atoms with van der Waals surface area (Å²) in [5.74, 6) is 0.748. The molecule has 7 nitrogen and oxygen atoms in total. The Kier molecular flexibility index (Phi) is 4.80. The van der Waals surface area contributed by atoms with Crippen LogP contribution in [-0.4, -0.2) is 26.3 Å². The van der Waals surface area contributed by atoms with E-state index in [-0.39, 0.29) is 22.5 Å². The van der Waals surface area contributed by atoms with E-state index in [1.54, 1.807) is 45.0 Å². The fraction of sp³-hybridized carbons (Fsp3) is 0.222. The Balaban J connectivity index is 1.85. The number of hydrogen-bond acceptors (Lipinski definition) is 6. The predicted octanol–water partition coefficient (Wildman–Crippen LogP) is 2.62. The smallest absolute Gasteiger partial charge is 0.363 e. The third kappa shape index (κ3) is 3.92. The van der Waals surface area contributed by atoms with E-state index in [0.29, 0.717) is 11.3 Å². The summed E-state index contributed by atoms with van der Waals surface area (Å²) >= 11 is 0. The number of carbonyl (C=O) groups is 1. The minimum Gasteiger partial charge on any atom is -0.462 e. The molecule has 0 unspecified atom stereocenters. The molecule has 1 aliphatic rings. The Morgan fingerprint density at radius 2 is 1.81 bits per heavy atom. The predicted molar refractivity (Wildman–Crippen MR) is 96.0 cm³/mol. The summed E-state index contributed by atoms with van der Waals surface area (Å²) in [6.07, 6.45) is 1.49. The molecule has 0 bridgehead atoms. The number of furan rings is 1. The second kappa shape index (κ2) is 6.89. The number of hydrogen-bond donors (Lipinski definition) is 1. The van der Waals surface area contributed by atoms with Crippen molar-refractivity contribution in [3.05, 3.63) is 59.2 Å². The molecule has 0 amide bonds. The highest BCUT2D eigenvalue weighted by Crippen LogP contribution is 2.21. The highest BCUT2D eigenvalue weighted by Gasteiger charge is 2.25. The Bertz CT molecular complexity index is 998. The fourth-order valence-electron chi connectivity index (χ4n) is 2.35. The molecule has 8 heteroatoms. The van der Waals surface area contributed by atoms with Crippen molar-refractivity contribution in [2.24, 2.45) is 4.99 Å². The average Bonchev–Trinajstić information content (AvgIpc) is 3.13. The minimum atomic E-state index is -3.58. The highest BCUT2D eigenvalue weighted by atomic mass is 32.2. The number of sulfonamides is 1. The van der Waals surface area contributed by atoms with Crippen LogP contribution in [0.2, 0.25) is 0 Å². The Morgan fingerprint density at radius 3 is 2.38 bits per heavy atom. The Labute approximate surface area is 151 Å². The van der Waals surface area contributed by atoms with E-state index in [1.807, 2.05) is 0 Å².